The number of rotatable bonds is 8. The van der Waals surface area contributed by atoms with Crippen LogP contribution in [0, 0.1) is 0 Å². The van der Waals surface area contributed by atoms with Gasteiger partial charge < -0.3 is 5.73 Å². The molecule has 0 atom stereocenters. The highest BCUT2D eigenvalue weighted by atomic mass is 35.5. The molecule has 0 saturated carbocycles. The Labute approximate surface area is 219 Å². The van der Waals surface area contributed by atoms with E-state index in [1.165, 1.54) is 33.1 Å². The van der Waals surface area contributed by atoms with E-state index in [0.717, 1.165) is 10.1 Å². The highest BCUT2D eigenvalue weighted by molar-refractivity contribution is 7.89. The van der Waals surface area contributed by atoms with Gasteiger partial charge in [-0.25, -0.2) is 13.2 Å². The number of carbonyl (C=O) groups excluding carboxylic acids is 1. The number of sulfonamides is 1. The van der Waals surface area contributed by atoms with Crippen molar-refractivity contribution in [2.75, 3.05) is 38.5 Å². The van der Waals surface area contributed by atoms with Crippen molar-refractivity contribution in [1.82, 2.24) is 18.3 Å². The van der Waals surface area contributed by atoms with Crippen LogP contribution in [0.3, 0.4) is 0 Å². The van der Waals surface area contributed by atoms with E-state index in [2.05, 4.69) is 0 Å². The van der Waals surface area contributed by atoms with Crippen LogP contribution in [0.4, 0.5) is 5.82 Å². The van der Waals surface area contributed by atoms with Crippen molar-refractivity contribution >= 4 is 33.2 Å². The number of ketones is 1. The fraction of sp³-hybridized carbons (Fsp3) is 0.320. The van der Waals surface area contributed by atoms with Crippen molar-refractivity contribution in [2.45, 2.75) is 24.9 Å². The summed E-state index contributed by atoms with van der Waals surface area (Å²) in [4.78, 5) is 41.2. The minimum atomic E-state index is -3.69. The van der Waals surface area contributed by atoms with Gasteiger partial charge in [0.25, 0.3) is 5.56 Å². The Morgan fingerprint density at radius 1 is 0.946 bits per heavy atom. The Kier molecular flexibility index (Phi) is 7.98. The van der Waals surface area contributed by atoms with E-state index in [1.54, 1.807) is 11.8 Å². The highest BCUT2D eigenvalue weighted by Crippen LogP contribution is 2.20. The van der Waals surface area contributed by atoms with Crippen LogP contribution in [0.2, 0.25) is 5.02 Å². The monoisotopic (exact) mass is 545 g/mol. The molecular weight excluding hydrogens is 518 g/mol. The molecule has 2 N–H and O–H groups in total. The largest absolute Gasteiger partial charge is 0.384 e. The van der Waals surface area contributed by atoms with Crippen LogP contribution in [0.1, 0.15) is 22.8 Å². The molecule has 10 nitrogen and oxygen atoms in total. The van der Waals surface area contributed by atoms with Gasteiger partial charge in [-0.1, -0.05) is 41.9 Å². The highest BCUT2D eigenvalue weighted by Gasteiger charge is 2.30. The Hall–Kier alpha value is -3.25. The number of nitrogens with two attached hydrogens (primary N) is 1. The number of piperazine rings is 1. The van der Waals surface area contributed by atoms with E-state index in [9.17, 15) is 22.8 Å². The molecule has 12 heteroatoms. The lowest BCUT2D eigenvalue weighted by Crippen LogP contribution is -2.50. The van der Waals surface area contributed by atoms with Gasteiger partial charge in [0, 0.05) is 37.7 Å². The van der Waals surface area contributed by atoms with Crippen molar-refractivity contribution in [3.05, 3.63) is 91.6 Å². The molecule has 37 heavy (non-hydrogen) atoms. The van der Waals surface area contributed by atoms with Crippen molar-refractivity contribution in [1.29, 1.82) is 0 Å². The fourth-order valence-electron chi connectivity index (χ4n) is 4.34. The molecule has 1 aromatic heterocycles. The molecule has 4 rings (SSSR count). The lowest BCUT2D eigenvalue weighted by atomic mass is 10.1. The molecule has 196 valence electrons. The zero-order chi connectivity index (χ0) is 26.7. The summed E-state index contributed by atoms with van der Waals surface area (Å²) in [7, 11) is -3.69. The van der Waals surface area contributed by atoms with Crippen molar-refractivity contribution in [3.63, 3.8) is 0 Å². The molecule has 2 aromatic carbocycles. The van der Waals surface area contributed by atoms with Crippen LogP contribution in [0.15, 0.2) is 69.1 Å². The zero-order valence-corrected chi connectivity index (χ0v) is 21.9. The number of anilines is 1. The van der Waals surface area contributed by atoms with E-state index < -0.39 is 27.1 Å². The van der Waals surface area contributed by atoms with Gasteiger partial charge in [0.05, 0.1) is 18.0 Å². The second-order valence-corrected chi connectivity index (χ2v) is 11.1. The molecule has 1 aliphatic rings. The van der Waals surface area contributed by atoms with Crippen LogP contribution in [0.25, 0.3) is 0 Å². The maximum Gasteiger partial charge on any atom is 0.332 e. The summed E-state index contributed by atoms with van der Waals surface area (Å²) in [6.45, 7) is 2.69. The summed E-state index contributed by atoms with van der Waals surface area (Å²) >= 11 is 5.87. The molecule has 1 fully saturated rings. The number of nitrogens with zero attached hydrogens (tertiary/aromatic N) is 4. The standard InChI is InChI=1S/C25H28ClN5O5S/c1-2-30-24(33)22(23(27)31(25(30)34)16-18-6-4-3-5-7-18)21(32)17-28-12-14-29(15-13-28)37(35,36)20-10-8-19(26)9-11-20/h3-11H,2,12-17,27H2,1H3. The van der Waals surface area contributed by atoms with Crippen LogP contribution in [-0.2, 0) is 23.1 Å². The van der Waals surface area contributed by atoms with Gasteiger partial charge in [-0.15, -0.1) is 0 Å². The first-order valence-electron chi connectivity index (χ1n) is 11.8. The molecule has 2 heterocycles. The van der Waals surface area contributed by atoms with Crippen LogP contribution in [-0.4, -0.2) is 65.3 Å². The summed E-state index contributed by atoms with van der Waals surface area (Å²) in [6, 6.07) is 15.1. The number of hydrogen-bond acceptors (Lipinski definition) is 7. The second-order valence-electron chi connectivity index (χ2n) is 8.72. The van der Waals surface area contributed by atoms with Gasteiger partial charge in [0.1, 0.15) is 11.4 Å². The third-order valence-electron chi connectivity index (χ3n) is 6.40. The molecule has 0 unspecified atom stereocenters. The first-order valence-corrected chi connectivity index (χ1v) is 13.6. The smallest absolute Gasteiger partial charge is 0.332 e. The number of halogens is 1. The van der Waals surface area contributed by atoms with Gasteiger partial charge in [0.15, 0.2) is 5.78 Å². The Morgan fingerprint density at radius 3 is 2.16 bits per heavy atom. The number of Topliss-reactive ketones (excluding diaryl/α,β-unsaturated/α-hetero) is 1. The van der Waals surface area contributed by atoms with E-state index in [0.29, 0.717) is 18.1 Å². The minimum absolute atomic E-state index is 0.0915. The number of nitrogen functional groups attached to an aromatic ring is 1. The van der Waals surface area contributed by atoms with Gasteiger partial charge in [-0.3, -0.25) is 23.6 Å². The Bertz CT molecular complexity index is 1510. The van der Waals surface area contributed by atoms with Crippen LogP contribution < -0.4 is 17.0 Å². The average Bonchev–Trinajstić information content (AvgIpc) is 2.88. The molecule has 1 aliphatic heterocycles. The van der Waals surface area contributed by atoms with Gasteiger partial charge in [0.2, 0.25) is 10.0 Å². The Morgan fingerprint density at radius 2 is 1.57 bits per heavy atom. The molecule has 0 spiro atoms. The SMILES string of the molecule is CCn1c(=O)c(C(=O)CN2CCN(S(=O)(=O)c3ccc(Cl)cc3)CC2)c(N)n(Cc2ccccc2)c1=O. The Balaban J connectivity index is 1.52. The lowest BCUT2D eigenvalue weighted by molar-refractivity contribution is 0.0899. The topological polar surface area (TPSA) is 128 Å². The first-order chi connectivity index (χ1) is 17.6. The second kappa shape index (κ2) is 11.0. The van der Waals surface area contributed by atoms with Gasteiger partial charge in [-0.05, 0) is 36.8 Å². The number of hydrogen-bond donors (Lipinski definition) is 1. The zero-order valence-electron chi connectivity index (χ0n) is 20.3. The van der Waals surface area contributed by atoms with Gasteiger partial charge in [-0.2, -0.15) is 4.31 Å². The normalized spacial score (nSPS) is 15.1. The van der Waals surface area contributed by atoms with E-state index in [4.69, 9.17) is 17.3 Å². The molecule has 1 saturated heterocycles. The summed E-state index contributed by atoms with van der Waals surface area (Å²) in [5.41, 5.74) is 5.51. The van der Waals surface area contributed by atoms with Crippen LogP contribution >= 0.6 is 11.6 Å². The fourth-order valence-corrected chi connectivity index (χ4v) is 5.89. The molecular formula is C25H28ClN5O5S. The lowest BCUT2D eigenvalue weighted by Gasteiger charge is -2.33. The van der Waals surface area contributed by atoms with Crippen LogP contribution in [0.5, 0.6) is 0 Å². The molecule has 0 aliphatic carbocycles. The summed E-state index contributed by atoms with van der Waals surface area (Å²) in [5, 5.41) is 0.443. The predicted molar refractivity (Wildman–Crippen MR) is 142 cm³/mol. The minimum Gasteiger partial charge on any atom is -0.384 e. The molecule has 0 amide bonds. The number of carbonyl (C=O) groups is 1. The van der Waals surface area contributed by atoms with E-state index in [1.807, 2.05) is 30.3 Å². The molecule has 3 aromatic rings. The summed E-state index contributed by atoms with van der Waals surface area (Å²) < 4.78 is 29.5. The predicted octanol–water partition coefficient (Wildman–Crippen LogP) is 1.50. The maximum atomic E-state index is 13.3. The van der Waals surface area contributed by atoms with Crippen molar-refractivity contribution < 1.29 is 13.2 Å². The summed E-state index contributed by atoms with van der Waals surface area (Å²) in [6.07, 6.45) is 0. The third kappa shape index (κ3) is 5.54. The third-order valence-corrected chi connectivity index (χ3v) is 8.56. The summed E-state index contributed by atoms with van der Waals surface area (Å²) in [5.74, 6) is -0.682. The van der Waals surface area contributed by atoms with Crippen molar-refractivity contribution in [3.8, 4) is 0 Å². The quantitative estimate of drug-likeness (QED) is 0.425. The van der Waals surface area contributed by atoms with Crippen molar-refractivity contribution in [2.24, 2.45) is 0 Å². The van der Waals surface area contributed by atoms with Gasteiger partial charge >= 0.3 is 5.69 Å². The number of aromatic nitrogens is 2. The first kappa shape index (κ1) is 26.8. The maximum absolute atomic E-state index is 13.3. The van der Waals surface area contributed by atoms with E-state index >= 15 is 0 Å². The van der Waals surface area contributed by atoms with E-state index in [-0.39, 0.29) is 49.0 Å². The number of benzene rings is 2. The average molecular weight is 546 g/mol. The molecule has 0 bridgehead atoms. The molecule has 0 radical (unpaired) electrons.